The molecule has 0 saturated heterocycles. The van der Waals surface area contributed by atoms with E-state index < -0.39 is 5.54 Å². The Bertz CT molecular complexity index is 313. The molecule has 0 aromatic rings. The van der Waals surface area contributed by atoms with Gasteiger partial charge in [0.1, 0.15) is 11.6 Å². The molecule has 104 valence electrons. The van der Waals surface area contributed by atoms with Gasteiger partial charge < -0.3 is 11.1 Å². The topological polar surface area (TPSA) is 72.2 Å². The van der Waals surface area contributed by atoms with Gasteiger partial charge in [-0.15, -0.1) is 0 Å². The van der Waals surface area contributed by atoms with Gasteiger partial charge in [0.15, 0.2) is 0 Å². The van der Waals surface area contributed by atoms with Gasteiger partial charge in [0.05, 0.1) is 11.6 Å². The van der Waals surface area contributed by atoms with Crippen LogP contribution >= 0.6 is 0 Å². The van der Waals surface area contributed by atoms with E-state index in [1.54, 1.807) is 6.92 Å². The number of carbonyl (C=O) groups excluding carboxylic acids is 2. The number of likely N-dealkylation sites (N-methyl/N-ethyl adjacent to an activating group) is 1. The van der Waals surface area contributed by atoms with Crippen molar-refractivity contribution in [2.24, 2.45) is 5.73 Å². The van der Waals surface area contributed by atoms with Gasteiger partial charge in [0.2, 0.25) is 0 Å². The molecule has 4 nitrogen and oxygen atoms in total. The Morgan fingerprint density at radius 3 is 2.39 bits per heavy atom. The minimum Gasteiger partial charge on any atom is -0.321 e. The van der Waals surface area contributed by atoms with Gasteiger partial charge in [-0.25, -0.2) is 0 Å². The van der Waals surface area contributed by atoms with Crippen molar-refractivity contribution in [2.45, 2.75) is 58.0 Å². The van der Waals surface area contributed by atoms with Gasteiger partial charge >= 0.3 is 0 Å². The Hall–Kier alpha value is -1.00. The molecular weight excluding hydrogens is 228 g/mol. The van der Waals surface area contributed by atoms with Crippen LogP contribution in [-0.2, 0) is 9.59 Å². The molecule has 0 aliphatic heterocycles. The zero-order valence-corrected chi connectivity index (χ0v) is 12.0. The molecule has 18 heavy (non-hydrogen) atoms. The van der Waals surface area contributed by atoms with Crippen molar-refractivity contribution in [3.05, 3.63) is 12.2 Å². The van der Waals surface area contributed by atoms with Gasteiger partial charge in [0.25, 0.3) is 0 Å². The smallest absolute Gasteiger partial charge is 0.149 e. The number of allylic oxidation sites excluding steroid dienone is 1. The molecule has 3 N–H and O–H groups in total. The quantitative estimate of drug-likeness (QED) is 0.484. The summed E-state index contributed by atoms with van der Waals surface area (Å²) in [6.07, 6.45) is 7.20. The minimum atomic E-state index is -0.427. The summed E-state index contributed by atoms with van der Waals surface area (Å²) in [7, 11) is 1.81. The van der Waals surface area contributed by atoms with Gasteiger partial charge in [-0.05, 0) is 53.5 Å². The molecule has 2 atom stereocenters. The van der Waals surface area contributed by atoms with E-state index in [9.17, 15) is 9.59 Å². The summed E-state index contributed by atoms with van der Waals surface area (Å²) in [5.74, 6) is 0.173. The number of nitrogens with two attached hydrogens (primary N) is 1. The maximum Gasteiger partial charge on any atom is 0.149 e. The summed E-state index contributed by atoms with van der Waals surface area (Å²) in [4.78, 5) is 22.4. The number of hydrogen-bond acceptors (Lipinski definition) is 4. The monoisotopic (exact) mass is 254 g/mol. The normalized spacial score (nSPS) is 16.5. The highest BCUT2D eigenvalue weighted by molar-refractivity contribution is 5.85. The second-order valence-electron chi connectivity index (χ2n) is 4.95. The molecule has 0 rings (SSSR count). The maximum absolute atomic E-state index is 11.4. The van der Waals surface area contributed by atoms with E-state index in [1.165, 1.54) is 6.92 Å². The zero-order chi connectivity index (χ0) is 14.2. The van der Waals surface area contributed by atoms with Crippen LogP contribution < -0.4 is 11.1 Å². The number of carbonyl (C=O) groups is 2. The predicted molar refractivity (Wildman–Crippen MR) is 74.4 cm³/mol. The van der Waals surface area contributed by atoms with Crippen molar-refractivity contribution in [3.8, 4) is 0 Å². The van der Waals surface area contributed by atoms with E-state index in [1.807, 2.05) is 26.1 Å². The lowest BCUT2D eigenvalue weighted by molar-refractivity contribution is -0.122. The molecule has 0 saturated carbocycles. The number of ketones is 2. The molecule has 0 radical (unpaired) electrons. The van der Waals surface area contributed by atoms with Crippen molar-refractivity contribution in [3.63, 3.8) is 0 Å². The van der Waals surface area contributed by atoms with Crippen LogP contribution in [0, 0.1) is 0 Å². The van der Waals surface area contributed by atoms with E-state index in [0.29, 0.717) is 6.42 Å². The zero-order valence-electron chi connectivity index (χ0n) is 12.0. The average Bonchev–Trinajstić information content (AvgIpc) is 2.32. The molecule has 0 unspecified atom stereocenters. The van der Waals surface area contributed by atoms with Crippen LogP contribution in [0.2, 0.25) is 0 Å². The SMILES string of the molecule is CN[C@@](C)(CCCC=CC[C@H](N)C(C)=O)C(C)=O. The lowest BCUT2D eigenvalue weighted by Gasteiger charge is -2.25. The Labute approximate surface area is 110 Å². The van der Waals surface area contributed by atoms with Crippen LogP contribution in [0.3, 0.4) is 0 Å². The van der Waals surface area contributed by atoms with Crippen LogP contribution in [-0.4, -0.2) is 30.2 Å². The fourth-order valence-corrected chi connectivity index (χ4v) is 1.58. The summed E-state index contributed by atoms with van der Waals surface area (Å²) < 4.78 is 0. The third-order valence-electron chi connectivity index (χ3n) is 3.46. The van der Waals surface area contributed by atoms with E-state index in [0.717, 1.165) is 19.3 Å². The Morgan fingerprint density at radius 2 is 1.94 bits per heavy atom. The number of Topliss-reactive ketones (excluding diaryl/α,β-unsaturated/α-hetero) is 2. The van der Waals surface area contributed by atoms with Crippen molar-refractivity contribution >= 4 is 11.6 Å². The minimum absolute atomic E-state index is 0.0130. The highest BCUT2D eigenvalue weighted by atomic mass is 16.1. The lowest BCUT2D eigenvalue weighted by atomic mass is 9.91. The van der Waals surface area contributed by atoms with E-state index >= 15 is 0 Å². The molecule has 0 aliphatic carbocycles. The van der Waals surface area contributed by atoms with Gasteiger partial charge in [-0.1, -0.05) is 12.2 Å². The first-order valence-electron chi connectivity index (χ1n) is 6.44. The largest absolute Gasteiger partial charge is 0.321 e. The second kappa shape index (κ2) is 8.16. The third kappa shape index (κ3) is 6.07. The molecule has 0 amide bonds. The van der Waals surface area contributed by atoms with Crippen molar-refractivity contribution in [1.29, 1.82) is 0 Å². The van der Waals surface area contributed by atoms with Crippen LogP contribution in [0.25, 0.3) is 0 Å². The van der Waals surface area contributed by atoms with Crippen LogP contribution in [0.1, 0.15) is 46.5 Å². The van der Waals surface area contributed by atoms with Crippen molar-refractivity contribution in [1.82, 2.24) is 5.32 Å². The van der Waals surface area contributed by atoms with Crippen LogP contribution in [0.5, 0.6) is 0 Å². The van der Waals surface area contributed by atoms with Crippen LogP contribution in [0.15, 0.2) is 12.2 Å². The average molecular weight is 254 g/mol. The van der Waals surface area contributed by atoms with E-state index in [2.05, 4.69) is 5.32 Å². The summed E-state index contributed by atoms with van der Waals surface area (Å²) >= 11 is 0. The molecule has 0 aromatic carbocycles. The Kier molecular flexibility index (Phi) is 7.71. The summed E-state index contributed by atoms with van der Waals surface area (Å²) in [5.41, 5.74) is 5.18. The number of rotatable bonds is 9. The number of nitrogens with one attached hydrogen (secondary N) is 1. The maximum atomic E-state index is 11.4. The molecule has 0 bridgehead atoms. The van der Waals surface area contributed by atoms with E-state index in [4.69, 9.17) is 5.73 Å². The lowest BCUT2D eigenvalue weighted by Crippen LogP contribution is -2.46. The van der Waals surface area contributed by atoms with Crippen LogP contribution in [0.4, 0.5) is 0 Å². The standard InChI is InChI=1S/C14H26N2O2/c1-11(17)13(15)9-7-5-6-8-10-14(3,16-4)12(2)18/h5,7,13,16H,6,8-10,15H2,1-4H3/t13-,14-/m0/s1. The summed E-state index contributed by atoms with van der Waals surface area (Å²) in [5, 5.41) is 3.06. The number of unbranched alkanes of at least 4 members (excludes halogenated alkanes) is 1. The summed E-state index contributed by atoms with van der Waals surface area (Å²) in [6.45, 7) is 5.03. The molecule has 0 spiro atoms. The Balaban J connectivity index is 3.89. The van der Waals surface area contributed by atoms with Crippen molar-refractivity contribution in [2.75, 3.05) is 7.05 Å². The summed E-state index contributed by atoms with van der Waals surface area (Å²) in [6, 6.07) is -0.388. The second-order valence-corrected chi connectivity index (χ2v) is 4.95. The number of hydrogen-bond donors (Lipinski definition) is 2. The van der Waals surface area contributed by atoms with E-state index in [-0.39, 0.29) is 17.6 Å². The fraction of sp³-hybridized carbons (Fsp3) is 0.714. The molecule has 4 heteroatoms. The highest BCUT2D eigenvalue weighted by Crippen LogP contribution is 2.14. The fourth-order valence-electron chi connectivity index (χ4n) is 1.58. The highest BCUT2D eigenvalue weighted by Gasteiger charge is 2.26. The molecule has 0 fully saturated rings. The molecule has 0 aromatic heterocycles. The Morgan fingerprint density at radius 1 is 1.33 bits per heavy atom. The predicted octanol–water partition coefficient (Wildman–Crippen LogP) is 1.59. The van der Waals surface area contributed by atoms with Gasteiger partial charge in [-0.3, -0.25) is 9.59 Å². The third-order valence-corrected chi connectivity index (χ3v) is 3.46. The molecular formula is C14H26N2O2. The first kappa shape index (κ1) is 17.0. The van der Waals surface area contributed by atoms with Gasteiger partial charge in [0, 0.05) is 0 Å². The first-order valence-corrected chi connectivity index (χ1v) is 6.44. The first-order chi connectivity index (χ1) is 8.33. The van der Waals surface area contributed by atoms with Gasteiger partial charge in [-0.2, -0.15) is 0 Å². The molecule has 0 heterocycles. The molecule has 0 aliphatic rings. The van der Waals surface area contributed by atoms with Crippen molar-refractivity contribution < 1.29 is 9.59 Å².